The Hall–Kier alpha value is -2.24. The lowest BCUT2D eigenvalue weighted by atomic mass is 10.00. The van der Waals surface area contributed by atoms with Gasteiger partial charge in [0.05, 0.1) is 22.8 Å². The van der Waals surface area contributed by atoms with Crippen molar-refractivity contribution < 1.29 is 4.79 Å². The highest BCUT2D eigenvalue weighted by molar-refractivity contribution is 7.18. The normalized spacial score (nSPS) is 20.1. The van der Waals surface area contributed by atoms with E-state index in [2.05, 4.69) is 47.4 Å². The van der Waals surface area contributed by atoms with Gasteiger partial charge in [-0.15, -0.1) is 11.3 Å². The Labute approximate surface area is 163 Å². The van der Waals surface area contributed by atoms with Crippen LogP contribution in [-0.4, -0.2) is 40.3 Å². The zero-order valence-electron chi connectivity index (χ0n) is 15.3. The summed E-state index contributed by atoms with van der Waals surface area (Å²) in [5.41, 5.74) is 3.75. The maximum absolute atomic E-state index is 13.0. The highest BCUT2D eigenvalue weighted by atomic mass is 32.1. The smallest absolute Gasteiger partial charge is 0.237 e. The van der Waals surface area contributed by atoms with E-state index in [1.807, 2.05) is 11.0 Å². The van der Waals surface area contributed by atoms with E-state index >= 15 is 0 Å². The van der Waals surface area contributed by atoms with Crippen LogP contribution >= 0.6 is 11.3 Å². The first-order valence-corrected chi connectivity index (χ1v) is 10.5. The van der Waals surface area contributed by atoms with Crippen LogP contribution in [0.4, 0.5) is 0 Å². The topological polar surface area (TPSA) is 36.4 Å². The van der Waals surface area contributed by atoms with Gasteiger partial charge in [0.15, 0.2) is 0 Å². The molecule has 1 saturated heterocycles. The Morgan fingerprint density at radius 3 is 2.78 bits per heavy atom. The van der Waals surface area contributed by atoms with Gasteiger partial charge in [-0.2, -0.15) is 0 Å². The maximum Gasteiger partial charge on any atom is 0.237 e. The zero-order valence-corrected chi connectivity index (χ0v) is 16.1. The van der Waals surface area contributed by atoms with Crippen molar-refractivity contribution in [1.82, 2.24) is 14.8 Å². The van der Waals surface area contributed by atoms with Crippen LogP contribution in [0.5, 0.6) is 0 Å². The number of nitrogens with zero attached hydrogens (tertiary/aromatic N) is 3. The number of hydrogen-bond acceptors (Lipinski definition) is 4. The Bertz CT molecular complexity index is 949. The molecule has 1 fully saturated rings. The minimum Gasteiger partial charge on any atom is -0.337 e. The first-order chi connectivity index (χ1) is 13.3. The number of amides is 1. The Morgan fingerprint density at radius 1 is 1.07 bits per heavy atom. The number of rotatable bonds is 3. The second kappa shape index (κ2) is 7.06. The van der Waals surface area contributed by atoms with Gasteiger partial charge in [-0.1, -0.05) is 36.4 Å². The van der Waals surface area contributed by atoms with E-state index in [9.17, 15) is 4.79 Å². The van der Waals surface area contributed by atoms with E-state index in [1.54, 1.807) is 11.3 Å². The third kappa shape index (κ3) is 3.26. The van der Waals surface area contributed by atoms with Crippen molar-refractivity contribution in [3.8, 4) is 0 Å². The second-order valence-electron chi connectivity index (χ2n) is 7.48. The molecular weight excluding hydrogens is 354 g/mol. The molecular formula is C22H23N3OS. The number of para-hydroxylation sites is 1. The lowest BCUT2D eigenvalue weighted by molar-refractivity contribution is -0.133. The zero-order chi connectivity index (χ0) is 18.2. The number of fused-ring (bicyclic) bond motifs is 2. The number of thiazole rings is 1. The molecule has 0 aliphatic carbocycles. The number of hydrogen-bond donors (Lipinski definition) is 0. The van der Waals surface area contributed by atoms with Crippen molar-refractivity contribution in [2.24, 2.45) is 0 Å². The molecule has 1 amide bonds. The summed E-state index contributed by atoms with van der Waals surface area (Å²) >= 11 is 1.77. The summed E-state index contributed by atoms with van der Waals surface area (Å²) in [5.74, 6) is 0.248. The molecule has 0 spiro atoms. The monoisotopic (exact) mass is 377 g/mol. The van der Waals surface area contributed by atoms with E-state index in [0.29, 0.717) is 6.54 Å². The summed E-state index contributed by atoms with van der Waals surface area (Å²) in [7, 11) is 0. The van der Waals surface area contributed by atoms with Gasteiger partial charge in [-0.05, 0) is 49.1 Å². The van der Waals surface area contributed by atoms with Gasteiger partial charge in [0, 0.05) is 13.1 Å². The third-order valence-corrected chi connectivity index (χ3v) is 6.92. The van der Waals surface area contributed by atoms with E-state index in [0.717, 1.165) is 49.4 Å². The van der Waals surface area contributed by atoms with Gasteiger partial charge in [0.25, 0.3) is 0 Å². The summed E-state index contributed by atoms with van der Waals surface area (Å²) < 4.78 is 1.23. The molecule has 2 aliphatic heterocycles. The van der Waals surface area contributed by atoms with Gasteiger partial charge < -0.3 is 4.90 Å². The minimum atomic E-state index is 0.248. The fourth-order valence-corrected chi connectivity index (χ4v) is 5.45. The molecule has 0 radical (unpaired) electrons. The molecule has 3 aromatic rings. The van der Waals surface area contributed by atoms with Gasteiger partial charge in [0.2, 0.25) is 5.91 Å². The van der Waals surface area contributed by atoms with Crippen molar-refractivity contribution >= 4 is 27.5 Å². The molecule has 5 heteroatoms. The molecule has 2 aromatic carbocycles. The number of carbonyl (C=O) groups is 1. The molecule has 27 heavy (non-hydrogen) atoms. The largest absolute Gasteiger partial charge is 0.337 e. The van der Waals surface area contributed by atoms with Crippen LogP contribution in [0.2, 0.25) is 0 Å². The van der Waals surface area contributed by atoms with E-state index in [4.69, 9.17) is 4.98 Å². The first kappa shape index (κ1) is 16.9. The van der Waals surface area contributed by atoms with Crippen LogP contribution in [0.25, 0.3) is 10.2 Å². The molecule has 1 unspecified atom stereocenters. The summed E-state index contributed by atoms with van der Waals surface area (Å²) in [6.45, 7) is 3.06. The second-order valence-corrected chi connectivity index (χ2v) is 8.54. The molecule has 3 heterocycles. The van der Waals surface area contributed by atoms with Gasteiger partial charge in [-0.25, -0.2) is 4.98 Å². The van der Waals surface area contributed by atoms with Crippen LogP contribution in [0, 0.1) is 0 Å². The molecule has 1 atom stereocenters. The number of likely N-dealkylation sites (tertiary alicyclic amines) is 1. The molecule has 1 aromatic heterocycles. The number of benzene rings is 2. The highest BCUT2D eigenvalue weighted by Gasteiger charge is 2.31. The fourth-order valence-electron chi connectivity index (χ4n) is 4.31. The summed E-state index contributed by atoms with van der Waals surface area (Å²) in [5, 5.41) is 1.16. The Kier molecular flexibility index (Phi) is 4.42. The maximum atomic E-state index is 13.0. The van der Waals surface area contributed by atoms with Crippen molar-refractivity contribution in [3.63, 3.8) is 0 Å². The van der Waals surface area contributed by atoms with E-state index in [1.165, 1.54) is 15.8 Å². The highest BCUT2D eigenvalue weighted by Crippen LogP contribution is 2.36. The summed E-state index contributed by atoms with van der Waals surface area (Å²) in [4.78, 5) is 22.2. The molecule has 2 aliphatic rings. The van der Waals surface area contributed by atoms with Crippen LogP contribution < -0.4 is 0 Å². The average molecular weight is 378 g/mol. The van der Waals surface area contributed by atoms with Crippen LogP contribution in [-0.2, 0) is 17.8 Å². The molecule has 0 saturated carbocycles. The predicted octanol–water partition coefficient (Wildman–Crippen LogP) is 4.02. The quantitative estimate of drug-likeness (QED) is 0.692. The molecule has 0 N–H and O–H groups in total. The Balaban J connectivity index is 1.30. The van der Waals surface area contributed by atoms with Gasteiger partial charge in [0.1, 0.15) is 5.01 Å². The number of aromatic nitrogens is 1. The minimum absolute atomic E-state index is 0.248. The van der Waals surface area contributed by atoms with Crippen LogP contribution in [0.15, 0.2) is 48.5 Å². The first-order valence-electron chi connectivity index (χ1n) is 9.72. The van der Waals surface area contributed by atoms with Gasteiger partial charge >= 0.3 is 0 Å². The van der Waals surface area contributed by atoms with Crippen molar-refractivity contribution in [3.05, 3.63) is 64.7 Å². The van der Waals surface area contributed by atoms with Crippen molar-refractivity contribution in [2.75, 3.05) is 19.6 Å². The predicted molar refractivity (Wildman–Crippen MR) is 109 cm³/mol. The lowest BCUT2D eigenvalue weighted by Gasteiger charge is -2.31. The van der Waals surface area contributed by atoms with Gasteiger partial charge in [-0.3, -0.25) is 9.69 Å². The van der Waals surface area contributed by atoms with E-state index < -0.39 is 0 Å². The molecule has 138 valence electrons. The SMILES string of the molecule is O=C(CN1CCCC1c1nc2ccccc2s1)N1CCc2ccccc2C1. The van der Waals surface area contributed by atoms with Crippen molar-refractivity contribution in [1.29, 1.82) is 0 Å². The number of carbonyl (C=O) groups excluding carboxylic acids is 1. The van der Waals surface area contributed by atoms with Crippen molar-refractivity contribution in [2.45, 2.75) is 31.8 Å². The fraction of sp³-hybridized carbons (Fsp3) is 0.364. The molecule has 4 nitrogen and oxygen atoms in total. The van der Waals surface area contributed by atoms with E-state index in [-0.39, 0.29) is 11.9 Å². The van der Waals surface area contributed by atoms with Crippen LogP contribution in [0.1, 0.15) is 35.0 Å². The lowest BCUT2D eigenvalue weighted by Crippen LogP contribution is -2.42. The standard InChI is InChI=1S/C22H23N3OS/c26-21(25-13-11-16-6-1-2-7-17(16)14-25)15-24-12-5-9-19(24)22-23-18-8-3-4-10-20(18)27-22/h1-4,6-8,10,19H,5,9,11-15H2. The average Bonchev–Trinajstić information content (AvgIpc) is 3.33. The van der Waals surface area contributed by atoms with Crippen LogP contribution in [0.3, 0.4) is 0 Å². The summed E-state index contributed by atoms with van der Waals surface area (Å²) in [6.07, 6.45) is 3.19. The molecule has 0 bridgehead atoms. The third-order valence-electron chi connectivity index (χ3n) is 5.78. The summed E-state index contributed by atoms with van der Waals surface area (Å²) in [6, 6.07) is 17.1. The Morgan fingerprint density at radius 2 is 1.89 bits per heavy atom. The molecule has 5 rings (SSSR count).